The van der Waals surface area contributed by atoms with Gasteiger partial charge in [0, 0.05) is 17.4 Å². The number of methoxy groups -OCH3 is 1. The number of benzene rings is 3. The van der Waals surface area contributed by atoms with Gasteiger partial charge in [-0.3, -0.25) is 0 Å². The largest absolute Gasteiger partial charge is 1.00 e. The third kappa shape index (κ3) is 3.76. The van der Waals surface area contributed by atoms with Gasteiger partial charge in [0.15, 0.2) is 5.60 Å². The number of hydrogen-bond donors (Lipinski definition) is 0. The van der Waals surface area contributed by atoms with Crippen molar-refractivity contribution in [3.8, 4) is 5.75 Å². The molecule has 0 bridgehead atoms. The third-order valence-electron chi connectivity index (χ3n) is 9.92. The quantitative estimate of drug-likeness (QED) is 0.421. The number of hydrogen-bond acceptors (Lipinski definition) is 2. The SMILES string of the molecule is COc1ccc(C[N@@+]23C[C@@H](C)[C@@H]4CC[C@@H]([C@@]42C)[C@@](OCc2ccccc2)(c2ccccc2)C3)cc1.[Br-]. The summed E-state index contributed by atoms with van der Waals surface area (Å²) >= 11 is 0. The highest BCUT2D eigenvalue weighted by Crippen LogP contribution is 2.68. The molecule has 3 nitrogen and oxygen atoms in total. The molecule has 0 spiro atoms. The van der Waals surface area contributed by atoms with E-state index < -0.39 is 0 Å². The molecule has 0 aromatic heterocycles. The Bertz CT molecular complexity index is 1170. The average molecular weight is 549 g/mol. The molecule has 4 heteroatoms. The van der Waals surface area contributed by atoms with Crippen molar-refractivity contribution in [1.29, 1.82) is 0 Å². The van der Waals surface area contributed by atoms with Crippen LogP contribution in [-0.2, 0) is 23.5 Å². The fraction of sp³-hybridized carbons (Fsp3) is 0.438. The van der Waals surface area contributed by atoms with Crippen molar-refractivity contribution in [1.82, 2.24) is 0 Å². The summed E-state index contributed by atoms with van der Waals surface area (Å²) in [5.74, 6) is 2.93. The molecule has 1 saturated carbocycles. The van der Waals surface area contributed by atoms with Gasteiger partial charge in [-0.25, -0.2) is 0 Å². The standard InChI is InChI=1S/C32H38NO2.BrH/c1-24-20-33(21-25-14-16-28(34-3)17-15-25)23-32(27-12-8-5-9-13-27,30-19-18-29(24)31(30,33)2)35-22-26-10-6-4-7-11-26;/h4-17,24,29-30H,18-23H2,1-3H3;1H/q+1;/p-1/t24-,29+,30+,31-,32+,33-;/m1./s1. The lowest BCUT2D eigenvalue weighted by Gasteiger charge is -2.43. The first kappa shape index (κ1) is 25.5. The van der Waals surface area contributed by atoms with Crippen LogP contribution in [0.2, 0.25) is 0 Å². The topological polar surface area (TPSA) is 18.5 Å². The Hall–Kier alpha value is -2.14. The zero-order chi connectivity index (χ0) is 24.1. The van der Waals surface area contributed by atoms with Gasteiger partial charge >= 0.3 is 0 Å². The molecule has 0 unspecified atom stereocenters. The average Bonchev–Trinajstić information content (AvgIpc) is 3.44. The summed E-state index contributed by atoms with van der Waals surface area (Å²) in [6.45, 7) is 9.09. The van der Waals surface area contributed by atoms with Crippen molar-refractivity contribution < 1.29 is 30.9 Å². The maximum absolute atomic E-state index is 7.19. The summed E-state index contributed by atoms with van der Waals surface area (Å²) in [5.41, 5.74) is 3.96. The van der Waals surface area contributed by atoms with Crippen molar-refractivity contribution in [2.24, 2.45) is 17.8 Å². The van der Waals surface area contributed by atoms with E-state index in [-0.39, 0.29) is 28.1 Å². The first-order valence-electron chi connectivity index (χ1n) is 13.2. The molecule has 2 saturated heterocycles. The second-order valence-electron chi connectivity index (χ2n) is 11.5. The Morgan fingerprint density at radius 1 is 0.861 bits per heavy atom. The molecule has 0 N–H and O–H groups in total. The van der Waals surface area contributed by atoms with Crippen LogP contribution < -0.4 is 21.7 Å². The Morgan fingerprint density at radius 3 is 2.19 bits per heavy atom. The van der Waals surface area contributed by atoms with Gasteiger partial charge in [-0.1, -0.05) is 67.6 Å². The van der Waals surface area contributed by atoms with Gasteiger partial charge in [0.1, 0.15) is 24.4 Å². The van der Waals surface area contributed by atoms with Gasteiger partial charge in [0.2, 0.25) is 0 Å². The fourth-order valence-corrected chi connectivity index (χ4v) is 8.51. The fourth-order valence-electron chi connectivity index (χ4n) is 8.51. The van der Waals surface area contributed by atoms with Gasteiger partial charge < -0.3 is 30.9 Å². The van der Waals surface area contributed by atoms with Crippen LogP contribution in [0.25, 0.3) is 0 Å². The Labute approximate surface area is 226 Å². The third-order valence-corrected chi connectivity index (χ3v) is 9.92. The van der Waals surface area contributed by atoms with Gasteiger partial charge in [-0.05, 0) is 55.2 Å². The lowest BCUT2D eigenvalue weighted by Crippen LogP contribution is -3.00. The van der Waals surface area contributed by atoms with Crippen LogP contribution >= 0.6 is 0 Å². The van der Waals surface area contributed by atoms with E-state index in [0.717, 1.165) is 35.2 Å². The van der Waals surface area contributed by atoms with Gasteiger partial charge in [0.25, 0.3) is 0 Å². The highest BCUT2D eigenvalue weighted by atomic mass is 79.9. The van der Waals surface area contributed by atoms with Gasteiger partial charge in [0.05, 0.1) is 26.2 Å². The maximum Gasteiger partial charge on any atom is 0.151 e. The molecular formula is C32H38BrNO2. The van der Waals surface area contributed by atoms with Crippen molar-refractivity contribution in [2.75, 3.05) is 20.2 Å². The molecule has 3 aromatic rings. The lowest BCUT2D eigenvalue weighted by molar-refractivity contribution is -0.968. The highest BCUT2D eigenvalue weighted by molar-refractivity contribution is 5.31. The van der Waals surface area contributed by atoms with E-state index in [9.17, 15) is 0 Å². The second kappa shape index (κ2) is 9.63. The van der Waals surface area contributed by atoms with E-state index in [4.69, 9.17) is 9.47 Å². The molecule has 190 valence electrons. The molecule has 2 heterocycles. The van der Waals surface area contributed by atoms with Crippen LogP contribution in [0.5, 0.6) is 5.75 Å². The van der Waals surface area contributed by atoms with Gasteiger partial charge in [-0.15, -0.1) is 0 Å². The van der Waals surface area contributed by atoms with Crippen LogP contribution in [0.15, 0.2) is 84.9 Å². The molecular weight excluding hydrogens is 510 g/mol. The zero-order valence-electron chi connectivity index (χ0n) is 21.7. The van der Waals surface area contributed by atoms with Crippen LogP contribution in [0.1, 0.15) is 43.4 Å². The first-order chi connectivity index (χ1) is 17.0. The molecule has 0 amide bonds. The number of ether oxygens (including phenoxy) is 2. The number of halogens is 1. The molecule has 6 rings (SSSR count). The second-order valence-corrected chi connectivity index (χ2v) is 11.5. The number of nitrogens with zero attached hydrogens (tertiary/aromatic N) is 1. The minimum Gasteiger partial charge on any atom is -1.00 e. The molecule has 3 fully saturated rings. The van der Waals surface area contributed by atoms with Crippen LogP contribution in [0, 0.1) is 17.8 Å². The maximum atomic E-state index is 7.19. The van der Waals surface area contributed by atoms with Crippen molar-refractivity contribution >= 4 is 0 Å². The molecule has 3 aromatic carbocycles. The zero-order valence-corrected chi connectivity index (χ0v) is 23.3. The molecule has 1 aliphatic carbocycles. The smallest absolute Gasteiger partial charge is 0.151 e. The van der Waals surface area contributed by atoms with Crippen molar-refractivity contribution in [3.63, 3.8) is 0 Å². The van der Waals surface area contributed by atoms with Crippen LogP contribution in [-0.4, -0.2) is 30.2 Å². The predicted octanol–water partition coefficient (Wildman–Crippen LogP) is 3.58. The minimum atomic E-state index is -0.271. The number of rotatable bonds is 7. The highest BCUT2D eigenvalue weighted by Gasteiger charge is 2.78. The van der Waals surface area contributed by atoms with E-state index in [2.05, 4.69) is 98.8 Å². The number of quaternary nitrogens is 1. The van der Waals surface area contributed by atoms with E-state index in [1.54, 1.807) is 7.11 Å². The molecule has 6 atom stereocenters. The monoisotopic (exact) mass is 547 g/mol. The molecule has 0 radical (unpaired) electrons. The van der Waals surface area contributed by atoms with E-state index in [1.165, 1.54) is 36.1 Å². The predicted molar refractivity (Wildman–Crippen MR) is 140 cm³/mol. The van der Waals surface area contributed by atoms with E-state index in [0.29, 0.717) is 12.5 Å². The first-order valence-corrected chi connectivity index (χ1v) is 13.2. The van der Waals surface area contributed by atoms with Crippen LogP contribution in [0.3, 0.4) is 0 Å². The Morgan fingerprint density at radius 2 is 1.53 bits per heavy atom. The summed E-state index contributed by atoms with van der Waals surface area (Å²) < 4.78 is 13.8. The Kier molecular flexibility index (Phi) is 6.82. The normalized spacial score (nSPS) is 34.2. The molecule has 2 aliphatic heterocycles. The van der Waals surface area contributed by atoms with Crippen LogP contribution in [0.4, 0.5) is 0 Å². The molecule has 3 aliphatic rings. The summed E-state index contributed by atoms with van der Waals surface area (Å²) in [4.78, 5) is 0. The lowest BCUT2D eigenvalue weighted by atomic mass is 9.73. The summed E-state index contributed by atoms with van der Waals surface area (Å²) in [6, 6.07) is 30.6. The minimum absolute atomic E-state index is 0. The Balaban J connectivity index is 0.00000267. The van der Waals surface area contributed by atoms with Crippen molar-refractivity contribution in [2.45, 2.75) is 51.0 Å². The van der Waals surface area contributed by atoms with E-state index in [1.807, 2.05) is 0 Å². The summed E-state index contributed by atoms with van der Waals surface area (Å²) in [6.07, 6.45) is 2.56. The molecule has 36 heavy (non-hydrogen) atoms. The van der Waals surface area contributed by atoms with Gasteiger partial charge in [-0.2, -0.15) is 0 Å². The van der Waals surface area contributed by atoms with E-state index >= 15 is 0 Å². The van der Waals surface area contributed by atoms with Crippen molar-refractivity contribution in [3.05, 3.63) is 102 Å². The summed E-state index contributed by atoms with van der Waals surface area (Å²) in [7, 11) is 1.74. The summed E-state index contributed by atoms with van der Waals surface area (Å²) in [5, 5.41) is 0.